The highest BCUT2D eigenvalue weighted by atomic mass is 19.4. The van der Waals surface area contributed by atoms with Gasteiger partial charge in [-0.15, -0.1) is 0 Å². The first-order valence-electron chi connectivity index (χ1n) is 6.50. The highest BCUT2D eigenvalue weighted by Gasteiger charge is 2.45. The maximum absolute atomic E-state index is 12.8. The van der Waals surface area contributed by atoms with Gasteiger partial charge >= 0.3 is 6.18 Å². The molecule has 1 fully saturated rings. The molecule has 1 rings (SSSR count). The average molecular weight is 251 g/mol. The third-order valence-electron chi connectivity index (χ3n) is 4.63. The quantitative estimate of drug-likeness (QED) is 0.734. The lowest BCUT2D eigenvalue weighted by Crippen LogP contribution is -2.38. The van der Waals surface area contributed by atoms with E-state index in [0.29, 0.717) is 18.8 Å². The van der Waals surface area contributed by atoms with Crippen LogP contribution in [0, 0.1) is 17.3 Å². The first-order valence-corrected chi connectivity index (χ1v) is 6.50. The Morgan fingerprint density at radius 3 is 2.06 bits per heavy atom. The molecule has 0 aliphatic heterocycles. The summed E-state index contributed by atoms with van der Waals surface area (Å²) in [5.74, 6) is -0.939. The molecule has 1 saturated carbocycles. The van der Waals surface area contributed by atoms with Crippen LogP contribution in [-0.4, -0.2) is 12.2 Å². The number of nitrogens with two attached hydrogens (primary N) is 1. The number of halogens is 3. The molecule has 1 nitrogen and oxygen atoms in total. The molecule has 0 aromatic heterocycles. The third-order valence-corrected chi connectivity index (χ3v) is 4.63. The molecule has 0 saturated heterocycles. The van der Waals surface area contributed by atoms with Crippen LogP contribution in [0.4, 0.5) is 13.2 Å². The minimum Gasteiger partial charge on any atom is -0.327 e. The van der Waals surface area contributed by atoms with Crippen molar-refractivity contribution in [2.75, 3.05) is 0 Å². The Bertz CT molecular complexity index is 248. The molecule has 0 amide bonds. The van der Waals surface area contributed by atoms with Crippen molar-refractivity contribution in [2.45, 2.75) is 65.1 Å². The van der Waals surface area contributed by atoms with E-state index >= 15 is 0 Å². The molecular weight excluding hydrogens is 227 g/mol. The molecule has 1 aliphatic rings. The molecule has 0 radical (unpaired) electrons. The summed E-state index contributed by atoms with van der Waals surface area (Å²) in [5.41, 5.74) is 5.82. The van der Waals surface area contributed by atoms with Gasteiger partial charge in [-0.25, -0.2) is 0 Å². The van der Waals surface area contributed by atoms with E-state index in [1.165, 1.54) is 0 Å². The molecular formula is C13H24F3N. The molecule has 0 aromatic carbocycles. The Morgan fingerprint density at radius 1 is 1.06 bits per heavy atom. The highest BCUT2D eigenvalue weighted by Crippen LogP contribution is 2.44. The Hall–Kier alpha value is -0.250. The molecule has 4 heteroatoms. The van der Waals surface area contributed by atoms with Crippen LogP contribution in [-0.2, 0) is 0 Å². The van der Waals surface area contributed by atoms with Crippen molar-refractivity contribution < 1.29 is 13.2 Å². The summed E-state index contributed by atoms with van der Waals surface area (Å²) in [5, 5.41) is 0. The molecule has 3 atom stereocenters. The van der Waals surface area contributed by atoms with E-state index in [2.05, 4.69) is 20.8 Å². The van der Waals surface area contributed by atoms with Crippen LogP contribution < -0.4 is 5.73 Å². The number of alkyl halides is 3. The van der Waals surface area contributed by atoms with Crippen molar-refractivity contribution in [3.05, 3.63) is 0 Å². The van der Waals surface area contributed by atoms with Crippen LogP contribution in [0.2, 0.25) is 0 Å². The Morgan fingerprint density at radius 2 is 1.59 bits per heavy atom. The SMILES string of the molecule is CCC(C)(C)C1CCC(N)C(C(F)(F)F)CC1. The van der Waals surface area contributed by atoms with Gasteiger partial charge in [-0.2, -0.15) is 13.2 Å². The van der Waals surface area contributed by atoms with Crippen molar-refractivity contribution in [1.29, 1.82) is 0 Å². The zero-order valence-electron chi connectivity index (χ0n) is 11.0. The zero-order chi connectivity index (χ0) is 13.3. The van der Waals surface area contributed by atoms with Gasteiger partial charge in [-0.05, 0) is 37.0 Å². The van der Waals surface area contributed by atoms with Crippen LogP contribution in [0.1, 0.15) is 52.9 Å². The van der Waals surface area contributed by atoms with Crippen LogP contribution in [0.25, 0.3) is 0 Å². The van der Waals surface area contributed by atoms with Crippen LogP contribution in [0.15, 0.2) is 0 Å². The maximum atomic E-state index is 12.8. The summed E-state index contributed by atoms with van der Waals surface area (Å²) in [6.45, 7) is 6.40. The fourth-order valence-electron chi connectivity index (χ4n) is 2.81. The van der Waals surface area contributed by atoms with Gasteiger partial charge in [0.05, 0.1) is 5.92 Å². The minimum atomic E-state index is -4.13. The number of hydrogen-bond donors (Lipinski definition) is 1. The van der Waals surface area contributed by atoms with Gasteiger partial charge in [0, 0.05) is 6.04 Å². The summed E-state index contributed by atoms with van der Waals surface area (Å²) >= 11 is 0. The first kappa shape index (κ1) is 14.8. The normalized spacial score (nSPS) is 32.3. The van der Waals surface area contributed by atoms with E-state index < -0.39 is 18.1 Å². The fourth-order valence-corrected chi connectivity index (χ4v) is 2.81. The topological polar surface area (TPSA) is 26.0 Å². The molecule has 1 aliphatic carbocycles. The number of rotatable bonds is 2. The summed E-state index contributed by atoms with van der Waals surface area (Å²) in [4.78, 5) is 0. The second kappa shape index (κ2) is 5.17. The van der Waals surface area contributed by atoms with E-state index in [9.17, 15) is 13.2 Å². The fraction of sp³-hybridized carbons (Fsp3) is 1.00. The van der Waals surface area contributed by atoms with Gasteiger partial charge < -0.3 is 5.73 Å². The average Bonchev–Trinajstić information content (AvgIpc) is 2.39. The molecule has 0 aromatic rings. The van der Waals surface area contributed by atoms with Gasteiger partial charge in [0.15, 0.2) is 0 Å². The summed E-state index contributed by atoms with van der Waals surface area (Å²) in [7, 11) is 0. The van der Waals surface area contributed by atoms with Crippen LogP contribution >= 0.6 is 0 Å². The molecule has 102 valence electrons. The van der Waals surface area contributed by atoms with Crippen molar-refractivity contribution >= 4 is 0 Å². The predicted octanol–water partition coefficient (Wildman–Crippen LogP) is 4.12. The highest BCUT2D eigenvalue weighted by molar-refractivity contribution is 4.88. The molecule has 2 N–H and O–H groups in total. The lowest BCUT2D eigenvalue weighted by molar-refractivity contribution is -0.181. The van der Waals surface area contributed by atoms with Crippen molar-refractivity contribution in [3.63, 3.8) is 0 Å². The predicted molar refractivity (Wildman–Crippen MR) is 63.6 cm³/mol. The molecule has 0 spiro atoms. The monoisotopic (exact) mass is 251 g/mol. The first-order chi connectivity index (χ1) is 7.68. The molecule has 0 heterocycles. The minimum absolute atomic E-state index is 0.125. The summed E-state index contributed by atoms with van der Waals surface area (Å²) in [6.07, 6.45) is -0.960. The lowest BCUT2D eigenvalue weighted by Gasteiger charge is -2.33. The van der Waals surface area contributed by atoms with Gasteiger partial charge in [-0.1, -0.05) is 27.2 Å². The molecule has 3 unspecified atom stereocenters. The number of hydrogen-bond acceptors (Lipinski definition) is 1. The smallest absolute Gasteiger partial charge is 0.327 e. The van der Waals surface area contributed by atoms with E-state index in [4.69, 9.17) is 5.73 Å². The summed E-state index contributed by atoms with van der Waals surface area (Å²) < 4.78 is 38.4. The van der Waals surface area contributed by atoms with Crippen molar-refractivity contribution in [3.8, 4) is 0 Å². The van der Waals surface area contributed by atoms with E-state index in [1.54, 1.807) is 0 Å². The lowest BCUT2D eigenvalue weighted by atomic mass is 9.73. The van der Waals surface area contributed by atoms with Gasteiger partial charge in [-0.3, -0.25) is 0 Å². The van der Waals surface area contributed by atoms with Gasteiger partial charge in [0.2, 0.25) is 0 Å². The Balaban J connectivity index is 2.72. The van der Waals surface area contributed by atoms with E-state index in [0.717, 1.165) is 12.8 Å². The second-order valence-corrected chi connectivity index (χ2v) is 6.01. The Kier molecular flexibility index (Phi) is 4.50. The molecule has 17 heavy (non-hydrogen) atoms. The molecule has 0 bridgehead atoms. The van der Waals surface area contributed by atoms with E-state index in [1.807, 2.05) is 0 Å². The van der Waals surface area contributed by atoms with E-state index in [-0.39, 0.29) is 11.8 Å². The van der Waals surface area contributed by atoms with Gasteiger partial charge in [0.25, 0.3) is 0 Å². The van der Waals surface area contributed by atoms with Crippen molar-refractivity contribution in [2.24, 2.45) is 23.0 Å². The van der Waals surface area contributed by atoms with Gasteiger partial charge in [0.1, 0.15) is 0 Å². The second-order valence-electron chi connectivity index (χ2n) is 6.01. The largest absolute Gasteiger partial charge is 0.393 e. The zero-order valence-corrected chi connectivity index (χ0v) is 11.0. The summed E-state index contributed by atoms with van der Waals surface area (Å²) in [6, 6.07) is -0.715. The van der Waals surface area contributed by atoms with Crippen molar-refractivity contribution in [1.82, 2.24) is 0 Å². The Labute approximate surface area is 102 Å². The maximum Gasteiger partial charge on any atom is 0.393 e. The standard InChI is InChI=1S/C13H24F3N/c1-4-12(2,3)9-5-7-10(13(14,15)16)11(17)8-6-9/h9-11H,4-8,17H2,1-3H3. The van der Waals surface area contributed by atoms with Crippen LogP contribution in [0.3, 0.4) is 0 Å². The van der Waals surface area contributed by atoms with Crippen LogP contribution in [0.5, 0.6) is 0 Å². The third kappa shape index (κ3) is 3.60.